The highest BCUT2D eigenvalue weighted by Crippen LogP contribution is 2.45. The lowest BCUT2D eigenvalue weighted by Crippen LogP contribution is -2.25. The van der Waals surface area contributed by atoms with Gasteiger partial charge in [-0.2, -0.15) is 0 Å². The van der Waals surface area contributed by atoms with Crippen LogP contribution in [0.4, 0.5) is 0 Å². The molecule has 0 fully saturated rings. The van der Waals surface area contributed by atoms with Gasteiger partial charge in [0.05, 0.1) is 6.54 Å². The van der Waals surface area contributed by atoms with Crippen molar-refractivity contribution in [1.29, 1.82) is 0 Å². The molecule has 0 N–H and O–H groups in total. The van der Waals surface area contributed by atoms with Crippen molar-refractivity contribution in [2.24, 2.45) is 10.4 Å². The standard InChI is InChI=1S/C20H32.C19H25N/c1-8-9-10-11-20(7,15(2)3)18(6)19-13-16(4)12-17(5)14-19;1-14(2)18(6)13-20-12-15(3)11-17(5)19-10-8-7-9-16(19)4/h12-14,18H,2,8-11H2,1,3-7H3;7-11,13H,5,12H2,1-4,6H3/b;15-11-,20-13?. The molecule has 0 heterocycles. The predicted octanol–water partition coefficient (Wildman–Crippen LogP) is 12.0. The Bertz CT molecular complexity index is 1190. The number of allylic oxidation sites excluding steroid dienone is 5. The van der Waals surface area contributed by atoms with E-state index in [1.54, 1.807) is 0 Å². The molecular formula is C39H57N. The summed E-state index contributed by atoms with van der Waals surface area (Å²) in [6, 6.07) is 15.3. The Morgan fingerprint density at radius 2 is 1.52 bits per heavy atom. The van der Waals surface area contributed by atoms with Crippen LogP contribution >= 0.6 is 0 Å². The van der Waals surface area contributed by atoms with E-state index in [4.69, 9.17) is 0 Å². The van der Waals surface area contributed by atoms with Crippen molar-refractivity contribution in [2.75, 3.05) is 6.54 Å². The van der Waals surface area contributed by atoms with E-state index in [0.29, 0.717) is 5.92 Å². The van der Waals surface area contributed by atoms with E-state index in [1.807, 2.05) is 12.3 Å². The number of aliphatic imine (C=N–C) groups is 1. The average Bonchev–Trinajstić information content (AvgIpc) is 2.88. The zero-order valence-corrected chi connectivity index (χ0v) is 27.7. The maximum Gasteiger partial charge on any atom is 0.0600 e. The first kappa shape index (κ1) is 35.1. The van der Waals surface area contributed by atoms with Crippen LogP contribution in [-0.4, -0.2) is 12.8 Å². The van der Waals surface area contributed by atoms with Crippen molar-refractivity contribution in [1.82, 2.24) is 0 Å². The van der Waals surface area contributed by atoms with Gasteiger partial charge in [0.25, 0.3) is 0 Å². The maximum atomic E-state index is 4.47. The highest BCUT2D eigenvalue weighted by molar-refractivity contribution is 5.79. The predicted molar refractivity (Wildman–Crippen MR) is 183 cm³/mol. The highest BCUT2D eigenvalue weighted by Gasteiger charge is 2.32. The van der Waals surface area contributed by atoms with Gasteiger partial charge in [0.15, 0.2) is 0 Å². The van der Waals surface area contributed by atoms with Gasteiger partial charge in [-0.25, -0.2) is 0 Å². The first-order valence-corrected chi connectivity index (χ1v) is 15.0. The lowest BCUT2D eigenvalue weighted by molar-refractivity contribution is 0.292. The number of unbranched alkanes of at least 4 members (excludes halogenated alkanes) is 2. The van der Waals surface area contributed by atoms with Crippen molar-refractivity contribution in [3.63, 3.8) is 0 Å². The minimum atomic E-state index is 0.204. The summed E-state index contributed by atoms with van der Waals surface area (Å²) in [6.45, 7) is 33.3. The largest absolute Gasteiger partial charge is 0.289 e. The molecule has 1 heteroatoms. The molecule has 218 valence electrons. The van der Waals surface area contributed by atoms with E-state index < -0.39 is 0 Å². The fourth-order valence-electron chi connectivity index (χ4n) is 4.98. The zero-order valence-electron chi connectivity index (χ0n) is 27.7. The minimum absolute atomic E-state index is 0.204. The van der Waals surface area contributed by atoms with Crippen molar-refractivity contribution in [2.45, 2.75) is 108 Å². The van der Waals surface area contributed by atoms with Crippen molar-refractivity contribution in [3.05, 3.63) is 112 Å². The molecule has 0 saturated heterocycles. The molecule has 0 aliphatic rings. The molecule has 2 unspecified atom stereocenters. The van der Waals surface area contributed by atoms with Gasteiger partial charge in [-0.3, -0.25) is 4.99 Å². The number of hydrogen-bond donors (Lipinski definition) is 0. The Morgan fingerprint density at radius 3 is 2.05 bits per heavy atom. The molecule has 0 radical (unpaired) electrons. The van der Waals surface area contributed by atoms with Gasteiger partial charge in [0.2, 0.25) is 0 Å². The summed E-state index contributed by atoms with van der Waals surface area (Å²) in [5.41, 5.74) is 13.0. The Balaban J connectivity index is 0.000000400. The average molecular weight is 540 g/mol. The molecule has 2 aromatic rings. The molecular weight excluding hydrogens is 482 g/mol. The molecule has 0 bridgehead atoms. The number of hydrogen-bond acceptors (Lipinski definition) is 1. The summed E-state index contributed by atoms with van der Waals surface area (Å²) in [5.74, 6) is 0.524. The fraction of sp³-hybridized carbons (Fsp3) is 0.462. The molecule has 0 amide bonds. The van der Waals surface area contributed by atoms with Gasteiger partial charge in [0, 0.05) is 6.21 Å². The second kappa shape index (κ2) is 17.0. The van der Waals surface area contributed by atoms with Crippen LogP contribution in [0.3, 0.4) is 0 Å². The van der Waals surface area contributed by atoms with Crippen molar-refractivity contribution < 1.29 is 0 Å². The lowest BCUT2D eigenvalue weighted by atomic mass is 9.67. The summed E-state index contributed by atoms with van der Waals surface area (Å²) in [6.07, 6.45) is 9.21. The molecule has 40 heavy (non-hydrogen) atoms. The van der Waals surface area contributed by atoms with Gasteiger partial charge in [0.1, 0.15) is 0 Å². The van der Waals surface area contributed by atoms with Gasteiger partial charge >= 0.3 is 0 Å². The Morgan fingerprint density at radius 1 is 0.925 bits per heavy atom. The quantitative estimate of drug-likeness (QED) is 0.110. The Labute approximate surface area is 247 Å². The summed E-state index contributed by atoms with van der Waals surface area (Å²) < 4.78 is 0. The monoisotopic (exact) mass is 539 g/mol. The van der Waals surface area contributed by atoms with Crippen LogP contribution in [0.15, 0.2) is 89.0 Å². The Kier molecular flexibility index (Phi) is 14.9. The third-order valence-electron chi connectivity index (χ3n) is 8.30. The van der Waals surface area contributed by atoms with Crippen LogP contribution < -0.4 is 0 Å². The van der Waals surface area contributed by atoms with Crippen molar-refractivity contribution in [3.8, 4) is 0 Å². The highest BCUT2D eigenvalue weighted by atomic mass is 14.7. The SMILES string of the molecule is C=C(/C=C(/C)CN=CC(C)=C(C)C)c1ccccc1C.C=C(C)C(C)(CCCCC)C(C)c1cc(C)cc(C)c1. The fourth-order valence-corrected chi connectivity index (χ4v) is 4.98. The van der Waals surface area contributed by atoms with Gasteiger partial charge in [-0.05, 0) is 101 Å². The molecule has 0 aromatic heterocycles. The molecule has 1 nitrogen and oxygen atoms in total. The van der Waals surface area contributed by atoms with Gasteiger partial charge in [-0.1, -0.05) is 130 Å². The smallest absolute Gasteiger partial charge is 0.0600 e. The number of aryl methyl sites for hydroxylation is 3. The topological polar surface area (TPSA) is 12.4 Å². The maximum absolute atomic E-state index is 4.47. The molecule has 0 aliphatic heterocycles. The normalized spacial score (nSPS) is 13.7. The van der Waals surface area contributed by atoms with Crippen LogP contribution in [0.1, 0.15) is 115 Å². The van der Waals surface area contributed by atoms with E-state index >= 15 is 0 Å². The third kappa shape index (κ3) is 11.3. The number of nitrogens with zero attached hydrogens (tertiary/aromatic N) is 1. The van der Waals surface area contributed by atoms with Crippen LogP contribution in [0.5, 0.6) is 0 Å². The van der Waals surface area contributed by atoms with E-state index in [-0.39, 0.29) is 5.41 Å². The van der Waals surface area contributed by atoms with E-state index in [9.17, 15) is 0 Å². The van der Waals surface area contributed by atoms with Gasteiger partial charge < -0.3 is 0 Å². The van der Waals surface area contributed by atoms with Crippen LogP contribution in [0, 0.1) is 26.2 Å². The third-order valence-corrected chi connectivity index (χ3v) is 8.30. The number of benzene rings is 2. The molecule has 0 aliphatic carbocycles. The Hall–Kier alpha value is -2.93. The summed E-state index contributed by atoms with van der Waals surface area (Å²) in [5, 5.41) is 0. The van der Waals surface area contributed by atoms with E-state index in [2.05, 4.69) is 137 Å². The first-order chi connectivity index (χ1) is 18.7. The second-order valence-corrected chi connectivity index (χ2v) is 12.3. The zero-order chi connectivity index (χ0) is 30.5. The summed E-state index contributed by atoms with van der Waals surface area (Å²) in [7, 11) is 0. The summed E-state index contributed by atoms with van der Waals surface area (Å²) in [4.78, 5) is 4.47. The molecule has 0 spiro atoms. The van der Waals surface area contributed by atoms with E-state index in [1.165, 1.54) is 75.8 Å². The molecule has 2 atom stereocenters. The number of rotatable bonds is 12. The van der Waals surface area contributed by atoms with Crippen LogP contribution in [0.25, 0.3) is 5.57 Å². The second-order valence-electron chi connectivity index (χ2n) is 12.3. The van der Waals surface area contributed by atoms with Crippen LogP contribution in [-0.2, 0) is 0 Å². The molecule has 0 saturated carbocycles. The summed E-state index contributed by atoms with van der Waals surface area (Å²) >= 11 is 0. The van der Waals surface area contributed by atoms with Crippen molar-refractivity contribution >= 4 is 11.8 Å². The van der Waals surface area contributed by atoms with E-state index in [0.717, 1.165) is 12.1 Å². The molecule has 2 rings (SSSR count). The minimum Gasteiger partial charge on any atom is -0.289 e. The first-order valence-electron chi connectivity index (χ1n) is 15.0. The van der Waals surface area contributed by atoms with Crippen LogP contribution in [0.2, 0.25) is 0 Å². The van der Waals surface area contributed by atoms with Gasteiger partial charge in [-0.15, -0.1) is 0 Å². The lowest BCUT2D eigenvalue weighted by Gasteiger charge is -2.37. The molecule has 2 aromatic carbocycles.